The van der Waals surface area contributed by atoms with E-state index in [4.69, 9.17) is 0 Å². The fourth-order valence-electron chi connectivity index (χ4n) is 0. The van der Waals surface area contributed by atoms with Gasteiger partial charge in [0.1, 0.15) is 0 Å². The molecule has 0 aliphatic rings. The Kier molecular flexibility index (Phi) is 45.5. The first-order valence-electron chi connectivity index (χ1n) is 1.05. The minimum Gasteiger partial charge on any atom is -1.00 e. The molecule has 0 aromatic rings. The van der Waals surface area contributed by atoms with E-state index < -0.39 is 0 Å². The molecule has 0 saturated carbocycles. The fourth-order valence-corrected chi connectivity index (χ4v) is 0. The quantitative estimate of drug-likeness (QED) is 0.223. The summed E-state index contributed by atoms with van der Waals surface area (Å²) in [6, 6.07) is 0. The molecule has 0 radical (unpaired) electrons. The Labute approximate surface area is 65.5 Å². The molecule has 0 aliphatic carbocycles. The molecule has 0 saturated heterocycles. The maximum atomic E-state index is 4.31. The monoisotopic (exact) mass is 74.1 g/mol. The molecule has 0 atom stereocenters. The molecule has 0 spiro atoms. The van der Waals surface area contributed by atoms with Crippen molar-refractivity contribution in [3.63, 3.8) is 0 Å². The van der Waals surface area contributed by atoms with Gasteiger partial charge in [0.05, 0.1) is 13.4 Å². The summed E-state index contributed by atoms with van der Waals surface area (Å²) in [5, 5.41) is 0. The van der Waals surface area contributed by atoms with Crippen LogP contribution in [0.3, 0.4) is 0 Å². The second-order valence-electron chi connectivity index (χ2n) is 0.402. The summed E-state index contributed by atoms with van der Waals surface area (Å²) in [7, 11) is 1.56. The maximum Gasteiger partial charge on any atom is 1.00 e. The number of ether oxygens (including phenoxy) is 1. The van der Waals surface area contributed by atoms with E-state index in [0.717, 1.165) is 0 Å². The Morgan fingerprint density at radius 1 is 1.67 bits per heavy atom. The number of hydrogen-bond donors (Lipinski definition) is 0. The molecule has 0 aromatic carbocycles. The summed E-state index contributed by atoms with van der Waals surface area (Å²) >= 11 is 0. The van der Waals surface area contributed by atoms with Gasteiger partial charge >= 0.3 is 37.7 Å². The molecule has 6 heavy (non-hydrogen) atoms. The predicted octanol–water partition coefficient (Wildman–Crippen LogP) is -4.99. The third-order valence-corrected chi connectivity index (χ3v) is 0.167. The topological polar surface area (TPSA) is 9.23 Å². The summed E-state index contributed by atoms with van der Waals surface area (Å²) < 4.78 is 4.31. The zero-order valence-corrected chi connectivity index (χ0v) is 4.69. The zero-order chi connectivity index (χ0) is 3.41. The first-order valence-corrected chi connectivity index (χ1v) is 1.05. The number of rotatable bonds is 1. The van der Waals surface area contributed by atoms with Gasteiger partial charge in [0, 0.05) is 0 Å². The molecule has 0 fully saturated rings. The van der Waals surface area contributed by atoms with Crippen molar-refractivity contribution in [3.05, 3.63) is 12.8 Å². The van der Waals surface area contributed by atoms with Gasteiger partial charge in [-0.1, -0.05) is 6.58 Å². The van der Waals surface area contributed by atoms with Crippen LogP contribution in [0.15, 0.2) is 12.8 Å². The van der Waals surface area contributed by atoms with Gasteiger partial charge in [-0.15, -0.1) is 0 Å². The van der Waals surface area contributed by atoms with Gasteiger partial charge in [-0.2, -0.15) is 0 Å². The third kappa shape index (κ3) is 21.9. The Bertz CT molecular complexity index is 29.2. The van der Waals surface area contributed by atoms with Crippen LogP contribution in [-0.4, -0.2) is 7.11 Å². The van der Waals surface area contributed by atoms with Crippen LogP contribution >= 0.6 is 0 Å². The smallest absolute Gasteiger partial charge is 1.00 e. The third-order valence-electron chi connectivity index (χ3n) is 0.167. The van der Waals surface area contributed by atoms with Gasteiger partial charge < -0.3 is 7.59 Å². The van der Waals surface area contributed by atoms with Crippen molar-refractivity contribution in [2.24, 2.45) is 0 Å². The first-order chi connectivity index (χ1) is 1.91. The van der Waals surface area contributed by atoms with Gasteiger partial charge in [0.25, 0.3) is 0 Å². The summed E-state index contributed by atoms with van der Waals surface area (Å²) in [6.45, 7) is 3.26. The van der Waals surface area contributed by atoms with E-state index in [0.29, 0.717) is 0 Å². The van der Waals surface area contributed by atoms with E-state index in [-0.39, 0.29) is 40.6 Å². The van der Waals surface area contributed by atoms with Crippen molar-refractivity contribution < 1.29 is 45.3 Å². The maximum absolute atomic E-state index is 4.31. The molecule has 0 aromatic heterocycles. The number of methoxy groups -OCH3 is 1. The average molecular weight is 74.0 g/mol. The van der Waals surface area contributed by atoms with Gasteiger partial charge in [-0.3, -0.25) is 0 Å². The van der Waals surface area contributed by atoms with Gasteiger partial charge in [0.15, 0.2) is 0 Å². The second-order valence-corrected chi connectivity index (χ2v) is 0.402. The van der Waals surface area contributed by atoms with Crippen LogP contribution in [0.25, 0.3) is 0 Å². The van der Waals surface area contributed by atoms with Crippen LogP contribution in [-0.2, 0) is 4.74 Å². The molecule has 0 heterocycles. The van der Waals surface area contributed by atoms with Gasteiger partial charge in [-0.25, -0.2) is 0 Å². The van der Waals surface area contributed by atoms with Crippen molar-refractivity contribution in [1.82, 2.24) is 0 Å². The van der Waals surface area contributed by atoms with Gasteiger partial charge in [0.2, 0.25) is 0 Å². The SMILES string of the molecule is C=COC.[H-].[H-].[Li+].[Li+]. The van der Waals surface area contributed by atoms with E-state index in [9.17, 15) is 0 Å². The summed E-state index contributed by atoms with van der Waals surface area (Å²) in [5.41, 5.74) is 0. The minimum atomic E-state index is 0. The van der Waals surface area contributed by atoms with E-state index >= 15 is 0 Å². The van der Waals surface area contributed by atoms with E-state index in [1.807, 2.05) is 0 Å². The molecule has 0 amide bonds. The van der Waals surface area contributed by atoms with Crippen molar-refractivity contribution in [2.45, 2.75) is 0 Å². The van der Waals surface area contributed by atoms with Crippen molar-refractivity contribution in [1.29, 1.82) is 0 Å². The van der Waals surface area contributed by atoms with Crippen LogP contribution in [0.2, 0.25) is 0 Å². The fraction of sp³-hybridized carbons (Fsp3) is 0.333. The van der Waals surface area contributed by atoms with E-state index in [1.165, 1.54) is 6.26 Å². The molecule has 0 N–H and O–H groups in total. The van der Waals surface area contributed by atoms with Crippen LogP contribution in [0, 0.1) is 0 Å². The molecular weight excluding hydrogens is 65.9 g/mol. The van der Waals surface area contributed by atoms with Crippen LogP contribution < -0.4 is 37.7 Å². The Hall–Kier alpha value is 0.735. The summed E-state index contributed by atoms with van der Waals surface area (Å²) in [5.74, 6) is 0. The van der Waals surface area contributed by atoms with Gasteiger partial charge in [-0.05, 0) is 0 Å². The van der Waals surface area contributed by atoms with Crippen molar-refractivity contribution in [3.8, 4) is 0 Å². The first kappa shape index (κ1) is 15.9. The van der Waals surface area contributed by atoms with E-state index in [1.54, 1.807) is 7.11 Å². The minimum absolute atomic E-state index is 0. The molecule has 0 unspecified atom stereocenters. The summed E-state index contributed by atoms with van der Waals surface area (Å²) in [6.07, 6.45) is 1.38. The van der Waals surface area contributed by atoms with Crippen molar-refractivity contribution in [2.75, 3.05) is 7.11 Å². The second kappa shape index (κ2) is 17.2. The predicted molar refractivity (Wildman–Crippen MR) is 19.4 cm³/mol. The van der Waals surface area contributed by atoms with Crippen LogP contribution in [0.5, 0.6) is 0 Å². The van der Waals surface area contributed by atoms with Crippen LogP contribution in [0.4, 0.5) is 0 Å². The zero-order valence-electron chi connectivity index (χ0n) is 6.69. The molecular formula is C3H8Li2O. The standard InChI is InChI=1S/C3H6O.2Li.2H/c1-3-4-2;;;;/h3H,1H2,2H3;;;;/q;2*+1;2*-1. The Morgan fingerprint density at radius 2 is 1.83 bits per heavy atom. The largest absolute Gasteiger partial charge is 1.00 e. The molecule has 0 bridgehead atoms. The normalized spacial score (nSPS) is 3.50. The average Bonchev–Trinajstić information content (AvgIpc) is 1.37. The molecule has 1 nitrogen and oxygen atoms in total. The molecule has 0 rings (SSSR count). The number of hydrogen-bond acceptors (Lipinski definition) is 1. The molecule has 0 aliphatic heterocycles. The molecule has 3 heteroatoms. The molecule has 28 valence electrons. The van der Waals surface area contributed by atoms with Crippen LogP contribution in [0.1, 0.15) is 2.85 Å². The Balaban J connectivity index is -0.00000000750. The Morgan fingerprint density at radius 3 is 1.83 bits per heavy atom. The van der Waals surface area contributed by atoms with E-state index in [2.05, 4.69) is 11.3 Å². The summed E-state index contributed by atoms with van der Waals surface area (Å²) in [4.78, 5) is 0. The van der Waals surface area contributed by atoms with Crippen molar-refractivity contribution >= 4 is 0 Å².